The number of methoxy groups -OCH3 is 1. The second-order valence-corrected chi connectivity index (χ2v) is 7.34. The van der Waals surface area contributed by atoms with Gasteiger partial charge in [-0.05, 0) is 37.9 Å². The summed E-state index contributed by atoms with van der Waals surface area (Å²) in [5.74, 6) is -1.08. The minimum absolute atomic E-state index is 0.0159. The van der Waals surface area contributed by atoms with Gasteiger partial charge in [-0.15, -0.1) is 0 Å². The lowest BCUT2D eigenvalue weighted by Gasteiger charge is -2.27. The van der Waals surface area contributed by atoms with Gasteiger partial charge in [-0.25, -0.2) is 4.79 Å². The Morgan fingerprint density at radius 1 is 1.23 bits per heavy atom. The van der Waals surface area contributed by atoms with Crippen LogP contribution in [0.3, 0.4) is 0 Å². The van der Waals surface area contributed by atoms with Crippen LogP contribution in [0.5, 0.6) is 0 Å². The number of rotatable bonds is 7. The quantitative estimate of drug-likeness (QED) is 0.743. The number of hydrogen-bond acceptors (Lipinski definition) is 6. The molecule has 1 aromatic carbocycles. The monoisotopic (exact) mass is 361 g/mol. The Kier molecular flexibility index (Phi) is 5.94. The van der Waals surface area contributed by atoms with Crippen LogP contribution in [-0.4, -0.2) is 60.4 Å². The van der Waals surface area contributed by atoms with E-state index in [0.29, 0.717) is 12.0 Å². The third kappa shape index (κ3) is 4.24. The van der Waals surface area contributed by atoms with Crippen molar-refractivity contribution < 1.29 is 24.2 Å². The van der Waals surface area contributed by atoms with E-state index < -0.39 is 24.0 Å². The third-order valence-corrected chi connectivity index (χ3v) is 5.56. The summed E-state index contributed by atoms with van der Waals surface area (Å²) in [6.45, 7) is 2.46. The van der Waals surface area contributed by atoms with E-state index in [9.17, 15) is 14.7 Å². The van der Waals surface area contributed by atoms with E-state index in [1.54, 1.807) is 0 Å². The van der Waals surface area contributed by atoms with E-state index in [4.69, 9.17) is 4.74 Å². The highest BCUT2D eigenvalue weighted by atomic mass is 16.6. The molecule has 2 saturated heterocycles. The Labute approximate surface area is 154 Å². The van der Waals surface area contributed by atoms with Crippen molar-refractivity contribution >= 4 is 11.9 Å². The number of carbonyl (C=O) groups excluding carboxylic acids is 2. The first kappa shape index (κ1) is 18.9. The molecule has 1 aromatic rings. The Hall–Kier alpha value is -1.92. The molecule has 0 amide bonds. The highest BCUT2D eigenvalue weighted by Gasteiger charge is 2.43. The molecule has 0 radical (unpaired) electrons. The molecular weight excluding hydrogens is 334 g/mol. The first-order valence-electron chi connectivity index (χ1n) is 9.26. The Balaban J connectivity index is 1.65. The van der Waals surface area contributed by atoms with Gasteiger partial charge in [0.1, 0.15) is 0 Å². The number of hydrogen-bond donors (Lipinski definition) is 1. The molecule has 6 heteroatoms. The van der Waals surface area contributed by atoms with Crippen LogP contribution in [0.15, 0.2) is 30.3 Å². The molecule has 0 aromatic heterocycles. The van der Waals surface area contributed by atoms with Gasteiger partial charge in [0.15, 0.2) is 5.60 Å². The normalized spacial score (nSPS) is 24.7. The van der Waals surface area contributed by atoms with Gasteiger partial charge in [-0.3, -0.25) is 9.69 Å². The summed E-state index contributed by atoms with van der Waals surface area (Å²) in [5.41, 5.74) is -1.15. The molecule has 2 aliphatic rings. The molecule has 2 fully saturated rings. The van der Waals surface area contributed by atoms with Crippen molar-refractivity contribution in [2.45, 2.75) is 43.7 Å². The van der Waals surface area contributed by atoms with Gasteiger partial charge in [0.2, 0.25) is 0 Å². The van der Waals surface area contributed by atoms with Crippen molar-refractivity contribution in [2.75, 3.05) is 26.8 Å². The van der Waals surface area contributed by atoms with Crippen LogP contribution in [0, 0.1) is 5.92 Å². The molecular formula is C20H27NO5. The van der Waals surface area contributed by atoms with Crippen LogP contribution in [-0.2, 0) is 25.5 Å². The minimum atomic E-state index is -1.91. The molecule has 26 heavy (non-hydrogen) atoms. The van der Waals surface area contributed by atoms with Crippen LogP contribution in [0.25, 0.3) is 0 Å². The predicted octanol–water partition coefficient (Wildman–Crippen LogP) is 1.55. The Morgan fingerprint density at radius 2 is 2.00 bits per heavy atom. The Bertz CT molecular complexity index is 634. The van der Waals surface area contributed by atoms with Crippen LogP contribution < -0.4 is 0 Å². The molecule has 3 rings (SSSR count). The number of nitrogens with zero attached hydrogens (tertiary/aromatic N) is 1. The number of fused-ring (bicyclic) bond motifs is 1. The largest absolute Gasteiger partial charge is 0.469 e. The highest BCUT2D eigenvalue weighted by molar-refractivity contribution is 5.86. The molecule has 1 N–H and O–H groups in total. The topological polar surface area (TPSA) is 76.1 Å². The fourth-order valence-electron chi connectivity index (χ4n) is 4.15. The van der Waals surface area contributed by atoms with Crippen molar-refractivity contribution in [3.8, 4) is 0 Å². The number of aliphatic hydroxyl groups is 1. The Morgan fingerprint density at radius 3 is 2.73 bits per heavy atom. The molecule has 0 unspecified atom stereocenters. The van der Waals surface area contributed by atoms with Crippen LogP contribution in [0.4, 0.5) is 0 Å². The summed E-state index contributed by atoms with van der Waals surface area (Å²) in [6.07, 6.45) is 2.93. The second-order valence-electron chi connectivity index (χ2n) is 7.34. The fraction of sp³-hybridized carbons (Fsp3) is 0.600. The van der Waals surface area contributed by atoms with Crippen molar-refractivity contribution in [2.24, 2.45) is 5.92 Å². The number of benzene rings is 1. The molecule has 6 nitrogen and oxygen atoms in total. The van der Waals surface area contributed by atoms with Crippen molar-refractivity contribution in [1.82, 2.24) is 4.90 Å². The molecule has 142 valence electrons. The van der Waals surface area contributed by atoms with E-state index in [-0.39, 0.29) is 13.0 Å². The van der Waals surface area contributed by atoms with Gasteiger partial charge >= 0.3 is 11.9 Å². The van der Waals surface area contributed by atoms with Crippen LogP contribution in [0.1, 0.15) is 31.2 Å². The number of esters is 2. The van der Waals surface area contributed by atoms with Crippen molar-refractivity contribution in [3.05, 3.63) is 35.9 Å². The fourth-order valence-corrected chi connectivity index (χ4v) is 4.15. The summed E-state index contributed by atoms with van der Waals surface area (Å²) in [7, 11) is 1.24. The van der Waals surface area contributed by atoms with Crippen molar-refractivity contribution in [1.29, 1.82) is 0 Å². The molecule has 0 spiro atoms. The van der Waals surface area contributed by atoms with Gasteiger partial charge < -0.3 is 14.6 Å². The van der Waals surface area contributed by atoms with E-state index in [0.717, 1.165) is 31.5 Å². The second kappa shape index (κ2) is 8.18. The zero-order valence-electron chi connectivity index (χ0n) is 15.2. The lowest BCUT2D eigenvalue weighted by atomic mass is 9.91. The van der Waals surface area contributed by atoms with E-state index >= 15 is 0 Å². The smallest absolute Gasteiger partial charge is 0.339 e. The maximum absolute atomic E-state index is 12.7. The summed E-state index contributed by atoms with van der Waals surface area (Å²) in [4.78, 5) is 26.9. The standard InChI is InChI=1S/C20H27NO5/c1-25-18(22)13-20(24,12-15-6-3-2-4-7-15)19(23)26-14-16-9-11-21-10-5-8-17(16)21/h2-4,6-7,16-17,24H,5,8-14H2,1H3/t16-,17-,20-/m0/s1. The average molecular weight is 361 g/mol. The van der Waals surface area contributed by atoms with Gasteiger partial charge in [-0.2, -0.15) is 0 Å². The average Bonchev–Trinajstić information content (AvgIpc) is 3.24. The molecule has 2 aliphatic heterocycles. The SMILES string of the molecule is COC(=O)C[C@@](O)(Cc1ccccc1)C(=O)OC[C@@H]1CCN2CCC[C@@H]12. The highest BCUT2D eigenvalue weighted by Crippen LogP contribution is 2.33. The van der Waals surface area contributed by atoms with E-state index in [1.165, 1.54) is 13.5 Å². The van der Waals surface area contributed by atoms with E-state index in [2.05, 4.69) is 9.64 Å². The molecule has 2 heterocycles. The van der Waals surface area contributed by atoms with Crippen LogP contribution in [0.2, 0.25) is 0 Å². The summed E-state index contributed by atoms with van der Waals surface area (Å²) >= 11 is 0. The number of ether oxygens (including phenoxy) is 2. The van der Waals surface area contributed by atoms with Gasteiger partial charge in [0.05, 0.1) is 20.1 Å². The molecule has 3 atom stereocenters. The van der Waals surface area contributed by atoms with Crippen molar-refractivity contribution in [3.63, 3.8) is 0 Å². The van der Waals surface area contributed by atoms with Gasteiger partial charge in [-0.1, -0.05) is 30.3 Å². The first-order chi connectivity index (χ1) is 12.5. The van der Waals surface area contributed by atoms with Gasteiger partial charge in [0.25, 0.3) is 0 Å². The zero-order valence-corrected chi connectivity index (χ0v) is 15.2. The van der Waals surface area contributed by atoms with E-state index in [1.807, 2.05) is 30.3 Å². The predicted molar refractivity (Wildman–Crippen MR) is 95.4 cm³/mol. The molecule has 0 bridgehead atoms. The maximum Gasteiger partial charge on any atom is 0.339 e. The lowest BCUT2D eigenvalue weighted by Crippen LogP contribution is -2.45. The summed E-state index contributed by atoms with van der Waals surface area (Å²) < 4.78 is 10.1. The summed E-state index contributed by atoms with van der Waals surface area (Å²) in [6, 6.07) is 9.60. The molecule has 0 aliphatic carbocycles. The maximum atomic E-state index is 12.7. The summed E-state index contributed by atoms with van der Waals surface area (Å²) in [5, 5.41) is 10.9. The lowest BCUT2D eigenvalue weighted by molar-refractivity contribution is -0.173. The number of carbonyl (C=O) groups is 2. The third-order valence-electron chi connectivity index (χ3n) is 5.56. The van der Waals surface area contributed by atoms with Crippen LogP contribution >= 0.6 is 0 Å². The zero-order chi connectivity index (χ0) is 18.6. The minimum Gasteiger partial charge on any atom is -0.469 e. The van der Waals surface area contributed by atoms with Gasteiger partial charge in [0, 0.05) is 18.4 Å². The molecule has 0 saturated carbocycles. The first-order valence-corrected chi connectivity index (χ1v) is 9.26.